The van der Waals surface area contributed by atoms with Gasteiger partial charge in [-0.05, 0) is 40.5 Å². The van der Waals surface area contributed by atoms with Crippen LogP contribution < -0.4 is 16.0 Å². The Bertz CT molecular complexity index is 724. The maximum atomic E-state index is 12.0. The van der Waals surface area contributed by atoms with Crippen molar-refractivity contribution in [1.29, 1.82) is 0 Å². The second-order valence-electron chi connectivity index (χ2n) is 5.13. The van der Waals surface area contributed by atoms with Crippen LogP contribution in [0.5, 0.6) is 5.75 Å². The Morgan fingerprint density at radius 3 is 3.05 bits per heavy atom. The molecule has 1 aliphatic heterocycles. The molecule has 1 atom stereocenters. The number of benzene rings is 1. The van der Waals surface area contributed by atoms with Crippen LogP contribution in [0.15, 0.2) is 39.7 Å². The highest BCUT2D eigenvalue weighted by molar-refractivity contribution is 9.10. The van der Waals surface area contributed by atoms with E-state index in [-0.39, 0.29) is 11.7 Å². The molecular weight excluding hydrogens is 320 g/mol. The fraction of sp³-hybridized carbons (Fsp3) is 0.267. The molecule has 0 saturated heterocycles. The monoisotopic (exact) mass is 334 g/mol. The highest BCUT2D eigenvalue weighted by Crippen LogP contribution is 2.30. The molecule has 0 aliphatic carbocycles. The molecule has 0 bridgehead atoms. The van der Waals surface area contributed by atoms with Crippen LogP contribution in [0.1, 0.15) is 11.1 Å². The summed E-state index contributed by atoms with van der Waals surface area (Å²) in [5.74, 6) is 0.914. The maximum Gasteiger partial charge on any atom is 0.265 e. The third-order valence-corrected chi connectivity index (χ3v) is 3.99. The number of ether oxygens (including phenoxy) is 1. The molecule has 0 fully saturated rings. The predicted octanol–water partition coefficient (Wildman–Crippen LogP) is 2.51. The summed E-state index contributed by atoms with van der Waals surface area (Å²) in [6.45, 7) is 2.56. The van der Waals surface area contributed by atoms with E-state index in [0.717, 1.165) is 12.2 Å². The lowest BCUT2D eigenvalue weighted by Gasteiger charge is -2.13. The van der Waals surface area contributed by atoms with Gasteiger partial charge in [-0.1, -0.05) is 17.7 Å². The van der Waals surface area contributed by atoms with Gasteiger partial charge in [0.05, 0.1) is 11.0 Å². The molecule has 1 aromatic heterocycles. The van der Waals surface area contributed by atoms with E-state index in [9.17, 15) is 4.79 Å². The molecule has 0 radical (unpaired) electrons. The van der Waals surface area contributed by atoms with Crippen LogP contribution in [0, 0.1) is 6.92 Å². The highest BCUT2D eigenvalue weighted by atomic mass is 79.9. The number of hydrogen-bond donors (Lipinski definition) is 1. The lowest BCUT2D eigenvalue weighted by molar-refractivity contribution is 0.207. The Labute approximate surface area is 125 Å². The lowest BCUT2D eigenvalue weighted by Crippen LogP contribution is -2.29. The van der Waals surface area contributed by atoms with E-state index in [1.165, 1.54) is 11.1 Å². The van der Waals surface area contributed by atoms with Gasteiger partial charge < -0.3 is 15.0 Å². The standard InChI is InChI=1S/C15H15BrN2O2/c1-9-2-3-14-10(4-9)5-12(20-14)8-18-7-11(17)6-13(16)15(18)19/h2-4,6-7,12H,5,8,17H2,1H3. The summed E-state index contributed by atoms with van der Waals surface area (Å²) in [6, 6.07) is 7.77. The molecule has 1 aromatic carbocycles. The van der Waals surface area contributed by atoms with Crippen LogP contribution in [0.25, 0.3) is 0 Å². The van der Waals surface area contributed by atoms with Crippen LogP contribution in [-0.4, -0.2) is 10.7 Å². The first-order valence-electron chi connectivity index (χ1n) is 6.44. The number of halogens is 1. The number of nitrogens with zero attached hydrogens (tertiary/aromatic N) is 1. The van der Waals surface area contributed by atoms with Gasteiger partial charge in [-0.15, -0.1) is 0 Å². The first kappa shape index (κ1) is 13.2. The van der Waals surface area contributed by atoms with Gasteiger partial charge in [0.25, 0.3) is 5.56 Å². The topological polar surface area (TPSA) is 57.2 Å². The number of nitrogen functional groups attached to an aromatic ring is 1. The van der Waals surface area contributed by atoms with E-state index in [0.29, 0.717) is 16.7 Å². The number of aromatic nitrogens is 1. The van der Waals surface area contributed by atoms with E-state index in [1.54, 1.807) is 16.8 Å². The fourth-order valence-corrected chi connectivity index (χ4v) is 3.02. The van der Waals surface area contributed by atoms with Crippen molar-refractivity contribution in [1.82, 2.24) is 4.57 Å². The Balaban J connectivity index is 1.83. The van der Waals surface area contributed by atoms with E-state index in [4.69, 9.17) is 10.5 Å². The van der Waals surface area contributed by atoms with Gasteiger partial charge in [0.15, 0.2) is 0 Å². The predicted molar refractivity (Wildman–Crippen MR) is 82.1 cm³/mol. The van der Waals surface area contributed by atoms with Crippen molar-refractivity contribution in [2.75, 3.05) is 5.73 Å². The number of pyridine rings is 1. The largest absolute Gasteiger partial charge is 0.488 e. The molecule has 1 aliphatic rings. The summed E-state index contributed by atoms with van der Waals surface area (Å²) in [5, 5.41) is 0. The van der Waals surface area contributed by atoms with Crippen molar-refractivity contribution < 1.29 is 4.74 Å². The fourth-order valence-electron chi connectivity index (χ4n) is 2.53. The number of rotatable bonds is 2. The normalized spacial score (nSPS) is 16.8. The summed E-state index contributed by atoms with van der Waals surface area (Å²) in [5.41, 5.74) is 8.67. The molecule has 1 unspecified atom stereocenters. The molecule has 0 saturated carbocycles. The van der Waals surface area contributed by atoms with Crippen LogP contribution in [0.4, 0.5) is 5.69 Å². The van der Waals surface area contributed by atoms with Crippen molar-refractivity contribution in [3.8, 4) is 5.75 Å². The van der Waals surface area contributed by atoms with Crippen molar-refractivity contribution in [2.24, 2.45) is 0 Å². The molecular formula is C15H15BrN2O2. The minimum Gasteiger partial charge on any atom is -0.488 e. The zero-order valence-electron chi connectivity index (χ0n) is 11.1. The van der Waals surface area contributed by atoms with Crippen molar-refractivity contribution in [3.05, 3.63) is 56.4 Å². The van der Waals surface area contributed by atoms with E-state index >= 15 is 0 Å². The molecule has 104 valence electrons. The summed E-state index contributed by atoms with van der Waals surface area (Å²) in [6.07, 6.45) is 2.44. The quantitative estimate of drug-likeness (QED) is 0.917. The van der Waals surface area contributed by atoms with E-state index in [2.05, 4.69) is 28.9 Å². The van der Waals surface area contributed by atoms with Crippen LogP contribution in [0.2, 0.25) is 0 Å². The molecule has 4 nitrogen and oxygen atoms in total. The number of fused-ring (bicyclic) bond motifs is 1. The smallest absolute Gasteiger partial charge is 0.265 e. The number of aryl methyl sites for hydroxylation is 1. The van der Waals surface area contributed by atoms with E-state index < -0.39 is 0 Å². The summed E-state index contributed by atoms with van der Waals surface area (Å²) in [7, 11) is 0. The zero-order valence-corrected chi connectivity index (χ0v) is 12.7. The average Bonchev–Trinajstić information content (AvgIpc) is 2.76. The number of nitrogens with two attached hydrogens (primary N) is 1. The van der Waals surface area contributed by atoms with Crippen molar-refractivity contribution in [2.45, 2.75) is 26.0 Å². The zero-order chi connectivity index (χ0) is 14.3. The van der Waals surface area contributed by atoms with Gasteiger partial charge in [0.2, 0.25) is 0 Å². The molecule has 2 aromatic rings. The lowest BCUT2D eigenvalue weighted by atomic mass is 10.1. The Morgan fingerprint density at radius 2 is 2.25 bits per heavy atom. The molecule has 3 rings (SSSR count). The third kappa shape index (κ3) is 2.45. The van der Waals surface area contributed by atoms with Crippen molar-refractivity contribution >= 4 is 21.6 Å². The molecule has 2 heterocycles. The van der Waals surface area contributed by atoms with Gasteiger partial charge in [-0.2, -0.15) is 0 Å². The van der Waals surface area contributed by atoms with Gasteiger partial charge in [0, 0.05) is 18.3 Å². The molecule has 5 heteroatoms. The van der Waals surface area contributed by atoms with E-state index in [1.807, 2.05) is 12.1 Å². The number of hydrogen-bond acceptors (Lipinski definition) is 3. The average molecular weight is 335 g/mol. The van der Waals surface area contributed by atoms with Crippen LogP contribution >= 0.6 is 15.9 Å². The molecule has 20 heavy (non-hydrogen) atoms. The Morgan fingerprint density at radius 1 is 1.45 bits per heavy atom. The number of anilines is 1. The minimum absolute atomic E-state index is 0.0294. The van der Waals surface area contributed by atoms with Crippen molar-refractivity contribution in [3.63, 3.8) is 0 Å². The Hall–Kier alpha value is -1.75. The van der Waals surface area contributed by atoms with Gasteiger partial charge in [-0.3, -0.25) is 4.79 Å². The maximum absolute atomic E-state index is 12.0. The first-order chi connectivity index (χ1) is 9.52. The molecule has 0 spiro atoms. The molecule has 2 N–H and O–H groups in total. The van der Waals surface area contributed by atoms with Gasteiger partial charge in [0.1, 0.15) is 11.9 Å². The van der Waals surface area contributed by atoms with Gasteiger partial charge >= 0.3 is 0 Å². The Kier molecular flexibility index (Phi) is 3.30. The summed E-state index contributed by atoms with van der Waals surface area (Å²) < 4.78 is 7.96. The minimum atomic E-state index is -0.0880. The summed E-state index contributed by atoms with van der Waals surface area (Å²) in [4.78, 5) is 12.0. The second kappa shape index (κ2) is 4.98. The summed E-state index contributed by atoms with van der Waals surface area (Å²) >= 11 is 3.23. The SMILES string of the molecule is Cc1ccc2c(c1)CC(Cn1cc(N)cc(Br)c1=O)O2. The second-order valence-corrected chi connectivity index (χ2v) is 5.99. The van der Waals surface area contributed by atoms with Crippen LogP contribution in [0.3, 0.4) is 0 Å². The van der Waals surface area contributed by atoms with Gasteiger partial charge in [-0.25, -0.2) is 0 Å². The third-order valence-electron chi connectivity index (χ3n) is 3.42. The van der Waals surface area contributed by atoms with Crippen LogP contribution in [-0.2, 0) is 13.0 Å². The first-order valence-corrected chi connectivity index (χ1v) is 7.24. The highest BCUT2D eigenvalue weighted by Gasteiger charge is 2.23. The molecule has 0 amide bonds.